The maximum absolute atomic E-state index is 4.30. The van der Waals surface area contributed by atoms with E-state index in [0.29, 0.717) is 0 Å². The highest BCUT2D eigenvalue weighted by atomic mass is 15.6. The van der Waals surface area contributed by atoms with Crippen molar-refractivity contribution in [2.24, 2.45) is 4.99 Å². The van der Waals surface area contributed by atoms with Crippen LogP contribution in [-0.2, 0) is 0 Å². The van der Waals surface area contributed by atoms with E-state index >= 15 is 0 Å². The van der Waals surface area contributed by atoms with Gasteiger partial charge in [0.2, 0.25) is 0 Å². The largest absolute Gasteiger partial charge is 0.264 e. The predicted octanol–water partition coefficient (Wildman–Crippen LogP) is 1.78. The van der Waals surface area contributed by atoms with E-state index in [9.17, 15) is 0 Å². The molecule has 0 aromatic heterocycles. The molecular formula is C10H13N3. The van der Waals surface area contributed by atoms with Crippen molar-refractivity contribution in [3.63, 3.8) is 0 Å². The number of hydrogen-bond donors (Lipinski definition) is 1. The molecule has 2 rings (SSSR count). The number of hydrogen-bond acceptors (Lipinski definition) is 3. The van der Waals surface area contributed by atoms with Gasteiger partial charge in [-0.25, -0.2) is 5.43 Å². The maximum atomic E-state index is 4.30. The number of hydrazine groups is 1. The van der Waals surface area contributed by atoms with Gasteiger partial charge in [0, 0.05) is 0 Å². The molecule has 0 bridgehead atoms. The lowest BCUT2D eigenvalue weighted by Crippen LogP contribution is -2.36. The monoisotopic (exact) mass is 175 g/mol. The summed E-state index contributed by atoms with van der Waals surface area (Å²) in [6, 6.07) is 10.1. The second kappa shape index (κ2) is 3.58. The smallest absolute Gasteiger partial charge is 0.118 e. The van der Waals surface area contributed by atoms with Crippen molar-refractivity contribution in [1.29, 1.82) is 0 Å². The van der Waals surface area contributed by atoms with Crippen LogP contribution in [0.4, 0.5) is 5.69 Å². The van der Waals surface area contributed by atoms with Gasteiger partial charge < -0.3 is 0 Å². The van der Waals surface area contributed by atoms with Crippen LogP contribution in [0.1, 0.15) is 13.3 Å². The molecule has 1 aromatic rings. The van der Waals surface area contributed by atoms with Gasteiger partial charge in [0.15, 0.2) is 0 Å². The Hall–Kier alpha value is -1.35. The summed E-state index contributed by atoms with van der Waals surface area (Å²) in [7, 11) is 0. The molecule has 1 aromatic carbocycles. The molecule has 0 amide bonds. The van der Waals surface area contributed by atoms with E-state index in [1.54, 1.807) is 0 Å². The Morgan fingerprint density at radius 3 is 2.77 bits per heavy atom. The fourth-order valence-corrected chi connectivity index (χ4v) is 1.30. The van der Waals surface area contributed by atoms with Gasteiger partial charge >= 0.3 is 0 Å². The van der Waals surface area contributed by atoms with Gasteiger partial charge in [0.05, 0.1) is 5.69 Å². The molecule has 0 spiro atoms. The summed E-state index contributed by atoms with van der Waals surface area (Å²) in [5.41, 5.74) is 4.40. The highest BCUT2D eigenvalue weighted by Gasteiger charge is 2.14. The van der Waals surface area contributed by atoms with Crippen LogP contribution >= 0.6 is 0 Å². The van der Waals surface area contributed by atoms with Crippen LogP contribution in [0.3, 0.4) is 0 Å². The lowest BCUT2D eigenvalue weighted by Gasteiger charge is -2.16. The fourth-order valence-electron chi connectivity index (χ4n) is 1.30. The second-order valence-corrected chi connectivity index (χ2v) is 3.02. The number of nitrogens with zero attached hydrogens (tertiary/aromatic N) is 2. The molecule has 68 valence electrons. The van der Waals surface area contributed by atoms with Gasteiger partial charge in [-0.2, -0.15) is 0 Å². The minimum atomic E-state index is 0.236. The second-order valence-electron chi connectivity index (χ2n) is 3.02. The van der Waals surface area contributed by atoms with Gasteiger partial charge in [-0.05, 0) is 18.6 Å². The van der Waals surface area contributed by atoms with E-state index in [2.05, 4.69) is 29.5 Å². The van der Waals surface area contributed by atoms with Crippen LogP contribution in [0.25, 0.3) is 0 Å². The van der Waals surface area contributed by atoms with Crippen LogP contribution in [0.5, 0.6) is 0 Å². The molecule has 0 radical (unpaired) electrons. The number of anilines is 1. The number of nitrogens with one attached hydrogen (secondary N) is 1. The zero-order valence-electron chi connectivity index (χ0n) is 7.64. The maximum Gasteiger partial charge on any atom is 0.118 e. The average Bonchev–Trinajstić information content (AvgIpc) is 2.67. The van der Waals surface area contributed by atoms with Crippen molar-refractivity contribution in [1.82, 2.24) is 5.43 Å². The molecular weight excluding hydrogens is 162 g/mol. The van der Waals surface area contributed by atoms with E-state index in [1.807, 2.05) is 29.5 Å². The van der Waals surface area contributed by atoms with Crippen LogP contribution in [0.2, 0.25) is 0 Å². The highest BCUT2D eigenvalue weighted by molar-refractivity contribution is 5.79. The van der Waals surface area contributed by atoms with Gasteiger partial charge in [-0.1, -0.05) is 25.1 Å². The van der Waals surface area contributed by atoms with Crippen molar-refractivity contribution in [3.8, 4) is 0 Å². The molecule has 0 fully saturated rings. The third kappa shape index (κ3) is 1.70. The number of para-hydroxylation sites is 1. The molecule has 1 unspecified atom stereocenters. The zero-order chi connectivity index (χ0) is 9.10. The zero-order valence-corrected chi connectivity index (χ0v) is 7.64. The molecule has 1 N–H and O–H groups in total. The van der Waals surface area contributed by atoms with Crippen LogP contribution in [0.15, 0.2) is 35.3 Å². The molecule has 0 saturated heterocycles. The third-order valence-electron chi connectivity index (χ3n) is 2.07. The van der Waals surface area contributed by atoms with Gasteiger partial charge in [0.1, 0.15) is 12.5 Å². The van der Waals surface area contributed by atoms with Crippen molar-refractivity contribution in [2.45, 2.75) is 19.5 Å². The van der Waals surface area contributed by atoms with E-state index in [0.717, 1.165) is 12.1 Å². The molecule has 1 aliphatic heterocycles. The van der Waals surface area contributed by atoms with Crippen molar-refractivity contribution in [2.75, 3.05) is 5.01 Å². The van der Waals surface area contributed by atoms with Crippen LogP contribution in [0, 0.1) is 0 Å². The molecule has 0 aliphatic carbocycles. The van der Waals surface area contributed by atoms with Gasteiger partial charge in [-0.3, -0.25) is 10.0 Å². The summed E-state index contributed by atoms with van der Waals surface area (Å²) in [5.74, 6) is 0. The minimum absolute atomic E-state index is 0.236. The van der Waals surface area contributed by atoms with Gasteiger partial charge in [-0.15, -0.1) is 0 Å². The molecule has 13 heavy (non-hydrogen) atoms. The predicted molar refractivity (Wildman–Crippen MR) is 54.6 cm³/mol. The summed E-state index contributed by atoms with van der Waals surface area (Å²) in [6.07, 6.45) is 3.09. The molecule has 3 nitrogen and oxygen atoms in total. The molecule has 1 aliphatic rings. The lowest BCUT2D eigenvalue weighted by atomic mass is 10.3. The first-order chi connectivity index (χ1) is 6.40. The first-order valence-corrected chi connectivity index (χ1v) is 4.54. The Labute approximate surface area is 78.1 Å². The SMILES string of the molecule is CCC1N=CN(c2ccccc2)N1. The summed E-state index contributed by atoms with van der Waals surface area (Å²) in [6.45, 7) is 2.11. The van der Waals surface area contributed by atoms with Crippen molar-refractivity contribution in [3.05, 3.63) is 30.3 Å². The average molecular weight is 175 g/mol. The van der Waals surface area contributed by atoms with E-state index in [4.69, 9.17) is 0 Å². The third-order valence-corrected chi connectivity index (χ3v) is 2.07. The van der Waals surface area contributed by atoms with E-state index < -0.39 is 0 Å². The molecule has 3 heteroatoms. The van der Waals surface area contributed by atoms with Gasteiger partial charge in [0.25, 0.3) is 0 Å². The normalized spacial score (nSPS) is 21.0. The Kier molecular flexibility index (Phi) is 2.27. The topological polar surface area (TPSA) is 27.6 Å². The Morgan fingerprint density at radius 1 is 1.38 bits per heavy atom. The summed E-state index contributed by atoms with van der Waals surface area (Å²) in [5, 5.41) is 1.95. The number of rotatable bonds is 2. The summed E-state index contributed by atoms with van der Waals surface area (Å²) in [4.78, 5) is 4.30. The van der Waals surface area contributed by atoms with Crippen molar-refractivity contribution >= 4 is 12.0 Å². The highest BCUT2D eigenvalue weighted by Crippen LogP contribution is 2.13. The van der Waals surface area contributed by atoms with Crippen LogP contribution in [-0.4, -0.2) is 12.5 Å². The Morgan fingerprint density at radius 2 is 2.15 bits per heavy atom. The quantitative estimate of drug-likeness (QED) is 0.742. The molecule has 1 atom stereocenters. The standard InChI is InChI=1S/C10H13N3/c1-2-10-11-8-13(12-10)9-6-4-3-5-7-9/h3-8,10,12H,2H2,1H3. The first kappa shape index (κ1) is 8.26. The summed E-state index contributed by atoms with van der Waals surface area (Å²) >= 11 is 0. The lowest BCUT2D eigenvalue weighted by molar-refractivity contribution is 0.567. The van der Waals surface area contributed by atoms with Crippen LogP contribution < -0.4 is 10.4 Å². The number of aliphatic imine (C=N–C) groups is 1. The summed E-state index contributed by atoms with van der Waals surface area (Å²) < 4.78 is 0. The Bertz CT molecular complexity index is 294. The minimum Gasteiger partial charge on any atom is -0.264 e. The van der Waals surface area contributed by atoms with E-state index in [1.165, 1.54) is 0 Å². The molecule has 1 heterocycles. The fraction of sp³-hybridized carbons (Fsp3) is 0.300. The first-order valence-electron chi connectivity index (χ1n) is 4.54. The number of benzene rings is 1. The van der Waals surface area contributed by atoms with Crippen molar-refractivity contribution < 1.29 is 0 Å². The van der Waals surface area contributed by atoms with E-state index in [-0.39, 0.29) is 6.17 Å². The molecule has 0 saturated carbocycles. The Balaban J connectivity index is 2.09.